The third kappa shape index (κ3) is 2.65. The highest BCUT2D eigenvalue weighted by atomic mass is 16.6. The van der Waals surface area contributed by atoms with Crippen molar-refractivity contribution in [3.63, 3.8) is 0 Å². The van der Waals surface area contributed by atoms with Crippen molar-refractivity contribution < 1.29 is 14.5 Å². The molecule has 6 nitrogen and oxygen atoms in total. The van der Waals surface area contributed by atoms with Gasteiger partial charge in [-0.05, 0) is 43.6 Å². The summed E-state index contributed by atoms with van der Waals surface area (Å²) in [6.45, 7) is 0.655. The standard InChI is InChI=1S/C16H20N2O4/c1-22-16(19)15-10-12-8-11(9-12)6-7-17(15)13-4-2-3-5-14(13)18(20)21/h2-5,11-12,15H,6-10H2,1H3. The molecule has 1 aliphatic carbocycles. The van der Waals surface area contributed by atoms with E-state index in [9.17, 15) is 14.9 Å². The second-order valence-electron chi connectivity index (χ2n) is 6.21. The van der Waals surface area contributed by atoms with Gasteiger partial charge < -0.3 is 9.64 Å². The zero-order valence-corrected chi connectivity index (χ0v) is 12.6. The molecule has 1 atom stereocenters. The number of esters is 1. The molecule has 6 heteroatoms. The molecule has 3 aliphatic rings. The van der Waals surface area contributed by atoms with E-state index >= 15 is 0 Å². The van der Waals surface area contributed by atoms with Crippen LogP contribution in [0.2, 0.25) is 0 Å². The summed E-state index contributed by atoms with van der Waals surface area (Å²) in [6.07, 6.45) is 4.02. The molecule has 2 bridgehead atoms. The summed E-state index contributed by atoms with van der Waals surface area (Å²) in [5, 5.41) is 11.3. The maximum absolute atomic E-state index is 12.2. The molecule has 2 heterocycles. The van der Waals surface area contributed by atoms with Crippen LogP contribution in [-0.4, -0.2) is 30.6 Å². The van der Waals surface area contributed by atoms with Crippen molar-refractivity contribution in [1.82, 2.24) is 0 Å². The van der Waals surface area contributed by atoms with Gasteiger partial charge in [0.15, 0.2) is 0 Å². The van der Waals surface area contributed by atoms with Gasteiger partial charge in [0.25, 0.3) is 5.69 Å². The minimum absolute atomic E-state index is 0.0469. The lowest BCUT2D eigenvalue weighted by Gasteiger charge is -2.44. The smallest absolute Gasteiger partial charge is 0.328 e. The van der Waals surface area contributed by atoms with E-state index in [1.165, 1.54) is 13.2 Å². The quantitative estimate of drug-likeness (QED) is 0.488. The van der Waals surface area contributed by atoms with Crippen LogP contribution in [0.15, 0.2) is 24.3 Å². The first-order chi connectivity index (χ1) is 10.6. The van der Waals surface area contributed by atoms with Crippen LogP contribution < -0.4 is 4.90 Å². The minimum atomic E-state index is -0.433. The predicted octanol–water partition coefficient (Wildman–Crippen LogP) is 2.76. The Hall–Kier alpha value is -2.11. The fraction of sp³-hybridized carbons (Fsp3) is 0.562. The number of hydrogen-bond donors (Lipinski definition) is 0. The summed E-state index contributed by atoms with van der Waals surface area (Å²) < 4.78 is 4.95. The third-order valence-electron chi connectivity index (χ3n) is 4.91. The SMILES string of the molecule is COC(=O)C1CC2CC(CCN1c1ccccc1[N+](=O)[O-])C2. The van der Waals surface area contributed by atoms with Crippen LogP contribution in [-0.2, 0) is 9.53 Å². The molecule has 0 spiro atoms. The maximum atomic E-state index is 12.2. The molecule has 2 saturated heterocycles. The first kappa shape index (κ1) is 14.8. The molecule has 4 rings (SSSR count). The van der Waals surface area contributed by atoms with Crippen LogP contribution >= 0.6 is 0 Å². The van der Waals surface area contributed by atoms with E-state index in [-0.39, 0.29) is 16.6 Å². The van der Waals surface area contributed by atoms with Gasteiger partial charge in [0.2, 0.25) is 0 Å². The Morgan fingerprint density at radius 2 is 2.00 bits per heavy atom. The summed E-state index contributed by atoms with van der Waals surface area (Å²) >= 11 is 0. The first-order valence-electron chi connectivity index (χ1n) is 7.68. The van der Waals surface area contributed by atoms with Gasteiger partial charge in [-0.2, -0.15) is 0 Å². The third-order valence-corrected chi connectivity index (χ3v) is 4.91. The number of nitro groups is 1. The average Bonchev–Trinajstić information content (AvgIpc) is 2.44. The fourth-order valence-electron chi connectivity index (χ4n) is 3.73. The molecule has 0 aromatic heterocycles. The number of ether oxygens (including phenoxy) is 1. The number of nitro benzene ring substituents is 1. The van der Waals surface area contributed by atoms with E-state index in [2.05, 4.69) is 0 Å². The topological polar surface area (TPSA) is 72.7 Å². The maximum Gasteiger partial charge on any atom is 0.328 e. The van der Waals surface area contributed by atoms with Gasteiger partial charge in [0, 0.05) is 12.6 Å². The summed E-state index contributed by atoms with van der Waals surface area (Å²) in [7, 11) is 1.38. The van der Waals surface area contributed by atoms with Crippen molar-refractivity contribution in [3.8, 4) is 0 Å². The van der Waals surface area contributed by atoms with Gasteiger partial charge in [-0.3, -0.25) is 10.1 Å². The second kappa shape index (κ2) is 5.94. The highest BCUT2D eigenvalue weighted by molar-refractivity contribution is 5.81. The molecule has 22 heavy (non-hydrogen) atoms. The fourth-order valence-corrected chi connectivity index (χ4v) is 3.73. The Morgan fingerprint density at radius 3 is 2.68 bits per heavy atom. The van der Waals surface area contributed by atoms with Crippen molar-refractivity contribution in [2.45, 2.75) is 31.7 Å². The molecule has 3 fully saturated rings. The number of nitrogens with zero attached hydrogens (tertiary/aromatic N) is 2. The molecule has 2 aliphatic heterocycles. The first-order valence-corrected chi connectivity index (χ1v) is 7.68. The minimum Gasteiger partial charge on any atom is -0.467 e. The molecule has 118 valence electrons. The highest BCUT2D eigenvalue weighted by Crippen LogP contribution is 2.43. The molecule has 1 aromatic carbocycles. The number of carbonyl (C=O) groups is 1. The van der Waals surface area contributed by atoms with Gasteiger partial charge >= 0.3 is 5.97 Å². The monoisotopic (exact) mass is 304 g/mol. The number of rotatable bonds is 3. The number of para-hydroxylation sites is 2. The van der Waals surface area contributed by atoms with E-state index in [1.807, 2.05) is 4.90 Å². The summed E-state index contributed by atoms with van der Waals surface area (Å²) in [5.74, 6) is 0.914. The zero-order chi connectivity index (χ0) is 15.7. The Balaban J connectivity index is 1.97. The van der Waals surface area contributed by atoms with Crippen LogP contribution in [0.4, 0.5) is 11.4 Å². The number of hydrogen-bond acceptors (Lipinski definition) is 5. The summed E-state index contributed by atoms with van der Waals surface area (Å²) in [4.78, 5) is 25.0. The Morgan fingerprint density at radius 1 is 1.27 bits per heavy atom. The summed E-state index contributed by atoms with van der Waals surface area (Å²) in [5.41, 5.74) is 0.565. The van der Waals surface area contributed by atoms with Gasteiger partial charge in [-0.1, -0.05) is 12.1 Å². The molecule has 1 saturated carbocycles. The van der Waals surface area contributed by atoms with Crippen LogP contribution in [0.3, 0.4) is 0 Å². The van der Waals surface area contributed by atoms with Crippen molar-refractivity contribution in [3.05, 3.63) is 34.4 Å². The van der Waals surface area contributed by atoms with E-state index < -0.39 is 6.04 Å². The molecular formula is C16H20N2O4. The van der Waals surface area contributed by atoms with Gasteiger partial charge in [-0.15, -0.1) is 0 Å². The van der Waals surface area contributed by atoms with Crippen molar-refractivity contribution >= 4 is 17.3 Å². The Labute approximate surface area is 129 Å². The summed E-state index contributed by atoms with van der Waals surface area (Å²) in [6, 6.07) is 6.20. The van der Waals surface area contributed by atoms with E-state index in [1.54, 1.807) is 18.2 Å². The molecule has 1 aromatic rings. The van der Waals surface area contributed by atoms with Crippen molar-refractivity contribution in [2.75, 3.05) is 18.6 Å². The number of benzene rings is 1. The van der Waals surface area contributed by atoms with Crippen LogP contribution in [0, 0.1) is 22.0 Å². The number of carbonyl (C=O) groups excluding carboxylic acids is 1. The molecule has 0 N–H and O–H groups in total. The normalized spacial score (nSPS) is 27.3. The predicted molar refractivity (Wildman–Crippen MR) is 81.7 cm³/mol. The van der Waals surface area contributed by atoms with Gasteiger partial charge in [0.05, 0.1) is 12.0 Å². The van der Waals surface area contributed by atoms with E-state index in [4.69, 9.17) is 4.74 Å². The molecular weight excluding hydrogens is 284 g/mol. The number of methoxy groups -OCH3 is 1. The Kier molecular flexibility index (Phi) is 4.00. The van der Waals surface area contributed by atoms with Crippen LogP contribution in [0.25, 0.3) is 0 Å². The Bertz CT molecular complexity index is 583. The van der Waals surface area contributed by atoms with Crippen LogP contribution in [0.5, 0.6) is 0 Å². The zero-order valence-electron chi connectivity index (χ0n) is 12.6. The lowest BCUT2D eigenvalue weighted by molar-refractivity contribution is -0.384. The van der Waals surface area contributed by atoms with Crippen molar-refractivity contribution in [1.29, 1.82) is 0 Å². The van der Waals surface area contributed by atoms with E-state index in [0.717, 1.165) is 25.7 Å². The van der Waals surface area contributed by atoms with E-state index in [0.29, 0.717) is 24.1 Å². The molecule has 0 radical (unpaired) electrons. The lowest BCUT2D eigenvalue weighted by atomic mass is 9.69. The van der Waals surface area contributed by atoms with Gasteiger partial charge in [-0.25, -0.2) is 4.79 Å². The number of anilines is 1. The lowest BCUT2D eigenvalue weighted by Crippen LogP contribution is -2.48. The number of fused-ring (bicyclic) bond motifs is 4. The molecule has 1 unspecified atom stereocenters. The molecule has 0 amide bonds. The average molecular weight is 304 g/mol. The van der Waals surface area contributed by atoms with Crippen LogP contribution in [0.1, 0.15) is 25.7 Å². The van der Waals surface area contributed by atoms with Gasteiger partial charge in [0.1, 0.15) is 11.7 Å². The largest absolute Gasteiger partial charge is 0.467 e. The van der Waals surface area contributed by atoms with Crippen molar-refractivity contribution in [2.24, 2.45) is 11.8 Å². The highest BCUT2D eigenvalue weighted by Gasteiger charge is 2.40. The second-order valence-corrected chi connectivity index (χ2v) is 6.21.